The molecule has 0 rings (SSSR count). The van der Waals surface area contributed by atoms with Gasteiger partial charge in [-0.15, -0.1) is 0 Å². The van der Waals surface area contributed by atoms with E-state index in [0.29, 0.717) is 6.42 Å². The van der Waals surface area contributed by atoms with Gasteiger partial charge in [0.1, 0.15) is 6.61 Å². The summed E-state index contributed by atoms with van der Waals surface area (Å²) in [6.07, 6.45) is 30.0. The van der Waals surface area contributed by atoms with Gasteiger partial charge in [0.2, 0.25) is 0 Å². The molecule has 1 unspecified atom stereocenters. The van der Waals surface area contributed by atoms with E-state index in [1.165, 1.54) is 51.0 Å². The van der Waals surface area contributed by atoms with E-state index in [2.05, 4.69) is 49.6 Å². The van der Waals surface area contributed by atoms with Gasteiger partial charge in [0.25, 0.3) is 0 Å². The van der Waals surface area contributed by atoms with Crippen LogP contribution >= 0.6 is 7.82 Å². The first kappa shape index (κ1) is 43.7. The summed E-state index contributed by atoms with van der Waals surface area (Å²) in [4.78, 5) is 54.6. The molecule has 0 aliphatic carbocycles. The van der Waals surface area contributed by atoms with Gasteiger partial charge in [0, 0.05) is 19.3 Å². The number of rotatable bonds is 30. The maximum Gasteiger partial charge on any atom is 0.469 e. The summed E-state index contributed by atoms with van der Waals surface area (Å²) < 4.78 is 26.0. The zero-order valence-electron chi connectivity index (χ0n) is 28.6. The van der Waals surface area contributed by atoms with Crippen LogP contribution < -0.4 is 0 Å². The first-order valence-electron chi connectivity index (χ1n) is 17.3. The Morgan fingerprint density at radius 1 is 0.717 bits per heavy atom. The third-order valence-corrected chi connectivity index (χ3v) is 7.85. The minimum absolute atomic E-state index is 0.0784. The fourth-order valence-corrected chi connectivity index (χ4v) is 4.72. The van der Waals surface area contributed by atoms with E-state index < -0.39 is 32.5 Å². The molecule has 0 aliphatic rings. The molecule has 10 heteroatoms. The molecule has 0 saturated heterocycles. The Morgan fingerprint density at radius 3 is 2.07 bits per heavy atom. The number of phosphoric acid groups is 1. The Kier molecular flexibility index (Phi) is 28.5. The van der Waals surface area contributed by atoms with Crippen LogP contribution in [0.4, 0.5) is 0 Å². The van der Waals surface area contributed by atoms with Crippen LogP contribution in [0.25, 0.3) is 0 Å². The maximum atomic E-state index is 12.3. The minimum atomic E-state index is -4.81. The molecular weight excluding hydrogens is 607 g/mol. The quantitative estimate of drug-likeness (QED) is 0.0192. The van der Waals surface area contributed by atoms with Crippen LogP contribution in [0.1, 0.15) is 136 Å². The van der Waals surface area contributed by atoms with E-state index in [1.54, 1.807) is 12.2 Å². The Balaban J connectivity index is 4.28. The van der Waals surface area contributed by atoms with Crippen molar-refractivity contribution in [3.8, 4) is 0 Å². The zero-order chi connectivity index (χ0) is 34.3. The Labute approximate surface area is 278 Å². The van der Waals surface area contributed by atoms with Crippen molar-refractivity contribution in [2.75, 3.05) is 13.2 Å². The molecule has 0 heterocycles. The molecule has 0 aliphatic heterocycles. The van der Waals surface area contributed by atoms with E-state index >= 15 is 0 Å². The second-order valence-corrected chi connectivity index (χ2v) is 13.0. The van der Waals surface area contributed by atoms with Crippen molar-refractivity contribution >= 4 is 25.5 Å². The molecule has 0 spiro atoms. The molecule has 9 nitrogen and oxygen atoms in total. The minimum Gasteiger partial charge on any atom is -0.462 e. The molecule has 264 valence electrons. The number of allylic oxidation sites excluding steroid dienone is 8. The number of hydrogen-bond donors (Lipinski definition) is 2. The molecule has 0 aromatic heterocycles. The van der Waals surface area contributed by atoms with Gasteiger partial charge in [-0.05, 0) is 50.5 Å². The van der Waals surface area contributed by atoms with E-state index in [4.69, 9.17) is 19.3 Å². The average Bonchev–Trinajstić information content (AvgIpc) is 3.01. The number of ketones is 1. The second-order valence-electron chi connectivity index (χ2n) is 11.8. The summed E-state index contributed by atoms with van der Waals surface area (Å²) in [6, 6.07) is 0. The number of carbonyl (C=O) groups excluding carboxylic acids is 3. The summed E-state index contributed by atoms with van der Waals surface area (Å²) in [5, 5.41) is 0. The summed E-state index contributed by atoms with van der Waals surface area (Å²) >= 11 is 0. The largest absolute Gasteiger partial charge is 0.469 e. The highest BCUT2D eigenvalue weighted by molar-refractivity contribution is 7.46. The fraction of sp³-hybridized carbons (Fsp3) is 0.694. The summed E-state index contributed by atoms with van der Waals surface area (Å²) in [6.45, 7) is 5.68. The van der Waals surface area contributed by atoms with Gasteiger partial charge in [-0.25, -0.2) is 4.57 Å². The Bertz CT molecular complexity index is 965. The smallest absolute Gasteiger partial charge is 0.462 e. The molecule has 46 heavy (non-hydrogen) atoms. The van der Waals surface area contributed by atoms with Gasteiger partial charge < -0.3 is 19.3 Å². The van der Waals surface area contributed by atoms with Crippen molar-refractivity contribution in [1.82, 2.24) is 0 Å². The van der Waals surface area contributed by atoms with Crippen molar-refractivity contribution in [1.29, 1.82) is 0 Å². The number of esters is 2. The number of carbonyl (C=O) groups is 3. The molecule has 0 radical (unpaired) electrons. The number of ether oxygens (including phenoxy) is 2. The van der Waals surface area contributed by atoms with E-state index in [-0.39, 0.29) is 38.1 Å². The molecule has 0 bridgehead atoms. The number of phosphoric ester groups is 1. The van der Waals surface area contributed by atoms with E-state index in [0.717, 1.165) is 44.4 Å². The lowest BCUT2D eigenvalue weighted by molar-refractivity contribution is -0.161. The zero-order valence-corrected chi connectivity index (χ0v) is 29.5. The van der Waals surface area contributed by atoms with Crippen LogP contribution in [0, 0.1) is 5.92 Å². The molecule has 0 aromatic carbocycles. The highest BCUT2D eigenvalue weighted by Crippen LogP contribution is 2.35. The molecule has 2 atom stereocenters. The third-order valence-electron chi connectivity index (χ3n) is 7.37. The predicted molar refractivity (Wildman–Crippen MR) is 184 cm³/mol. The topological polar surface area (TPSA) is 136 Å². The summed E-state index contributed by atoms with van der Waals surface area (Å²) in [5.41, 5.74) is 0. The molecule has 0 amide bonds. The normalized spacial score (nSPS) is 13.7. The molecular formula is C36H61O9P. The lowest BCUT2D eigenvalue weighted by Crippen LogP contribution is -2.29. The molecule has 0 fully saturated rings. The molecule has 0 saturated carbocycles. The lowest BCUT2D eigenvalue weighted by Gasteiger charge is -2.18. The van der Waals surface area contributed by atoms with Gasteiger partial charge in [0.05, 0.1) is 6.61 Å². The van der Waals surface area contributed by atoms with Crippen LogP contribution in [0.3, 0.4) is 0 Å². The van der Waals surface area contributed by atoms with Gasteiger partial charge in [-0.2, -0.15) is 0 Å². The standard InChI is InChI=1S/C36H61O9P/c1-4-6-7-8-9-10-11-12-13-14-15-19-22-26-33(37)27-24-29-36(39)45-34(31-44-46(40,41)42)30-43-35(38)28-23-20-17-16-18-21-25-32(3)5-2/h9-10,12-13,15,19,22,26,32,34H,4-8,11,14,16-18,20-21,23-25,27-31H2,1-3H3,(H2,40,41,42)/b10-9-,13-12-,19-15-,26-22+/t32?,34-/m1/s1. The number of hydrogen-bond acceptors (Lipinski definition) is 7. The van der Waals surface area contributed by atoms with E-state index in [1.807, 2.05) is 6.08 Å². The highest BCUT2D eigenvalue weighted by atomic mass is 31.2. The summed E-state index contributed by atoms with van der Waals surface area (Å²) in [5.74, 6) is -0.516. The van der Waals surface area contributed by atoms with Crippen LogP contribution in [0.15, 0.2) is 48.6 Å². The van der Waals surface area contributed by atoms with Crippen molar-refractivity contribution in [3.05, 3.63) is 48.6 Å². The van der Waals surface area contributed by atoms with Crippen molar-refractivity contribution in [3.63, 3.8) is 0 Å². The second kappa shape index (κ2) is 30.0. The van der Waals surface area contributed by atoms with Gasteiger partial charge >= 0.3 is 19.8 Å². The fourth-order valence-electron chi connectivity index (χ4n) is 4.36. The average molecular weight is 669 g/mol. The van der Waals surface area contributed by atoms with Gasteiger partial charge in [0.15, 0.2) is 11.9 Å². The van der Waals surface area contributed by atoms with Crippen LogP contribution in [-0.4, -0.2) is 46.8 Å². The molecule has 0 aromatic rings. The first-order valence-corrected chi connectivity index (χ1v) is 18.8. The summed E-state index contributed by atoms with van der Waals surface area (Å²) in [7, 11) is -4.81. The Morgan fingerprint density at radius 2 is 1.37 bits per heavy atom. The first-order chi connectivity index (χ1) is 22.1. The number of unbranched alkanes of at least 4 members (excludes halogenated alkanes) is 8. The van der Waals surface area contributed by atoms with Crippen molar-refractivity contribution < 1.29 is 42.7 Å². The van der Waals surface area contributed by atoms with Crippen molar-refractivity contribution in [2.24, 2.45) is 5.92 Å². The SMILES string of the molecule is CCCCC/C=C\C/C=C\C/C=C\C=C\C(=O)CCCC(=O)O[C@H](COC(=O)CCCCCCCCC(C)CC)COP(=O)(O)O. The predicted octanol–water partition coefficient (Wildman–Crippen LogP) is 9.04. The third kappa shape index (κ3) is 31.7. The Hall–Kier alpha value is -2.32. The van der Waals surface area contributed by atoms with E-state index in [9.17, 15) is 18.9 Å². The van der Waals surface area contributed by atoms with Gasteiger partial charge in [-0.1, -0.05) is 121 Å². The molecule has 2 N–H and O–H groups in total. The van der Waals surface area contributed by atoms with Gasteiger partial charge in [-0.3, -0.25) is 18.9 Å². The van der Waals surface area contributed by atoms with Crippen molar-refractivity contribution in [2.45, 2.75) is 142 Å². The van der Waals surface area contributed by atoms with Crippen LogP contribution in [-0.2, 0) is 32.9 Å². The highest BCUT2D eigenvalue weighted by Gasteiger charge is 2.23. The lowest BCUT2D eigenvalue weighted by atomic mass is 10.00. The van der Waals surface area contributed by atoms with Crippen LogP contribution in [0.2, 0.25) is 0 Å². The van der Waals surface area contributed by atoms with Crippen LogP contribution in [0.5, 0.6) is 0 Å². The maximum absolute atomic E-state index is 12.3. The monoisotopic (exact) mass is 668 g/mol.